The largest absolute Gasteiger partial charge is 0.491 e. The molecule has 2 N–H and O–H groups in total. The van der Waals surface area contributed by atoms with Gasteiger partial charge in [0.15, 0.2) is 5.75 Å². The molecule has 1 rings (SSSR count). The minimum Gasteiger partial charge on any atom is -0.491 e. The van der Waals surface area contributed by atoms with Gasteiger partial charge in [-0.1, -0.05) is 39.5 Å². The van der Waals surface area contributed by atoms with Gasteiger partial charge < -0.3 is 29.6 Å². The molecule has 0 unspecified atom stereocenters. The van der Waals surface area contributed by atoms with Gasteiger partial charge in [-0.2, -0.15) is 0 Å². The third-order valence-corrected chi connectivity index (χ3v) is 4.52. The Morgan fingerprint density at radius 3 is 2.42 bits per heavy atom. The van der Waals surface area contributed by atoms with E-state index in [4.69, 9.17) is 18.9 Å². The van der Waals surface area contributed by atoms with Crippen molar-refractivity contribution in [3.05, 3.63) is 17.8 Å². The lowest BCUT2D eigenvalue weighted by Crippen LogP contribution is -2.33. The summed E-state index contributed by atoms with van der Waals surface area (Å²) in [4.78, 5) is 39.9. The topological polar surface area (TPSA) is 125 Å². The Balaban J connectivity index is 2.41. The molecule has 0 bridgehead atoms. The van der Waals surface area contributed by atoms with E-state index in [0.29, 0.717) is 26.2 Å². The molecule has 33 heavy (non-hydrogen) atoms. The number of amides is 2. The number of hydrogen-bond acceptors (Lipinski definition) is 8. The monoisotopic (exact) mass is 467 g/mol. The zero-order chi connectivity index (χ0) is 24.3. The third-order valence-electron chi connectivity index (χ3n) is 4.52. The quantitative estimate of drug-likeness (QED) is 0.264. The van der Waals surface area contributed by atoms with Crippen LogP contribution < -0.4 is 20.1 Å². The first kappa shape index (κ1) is 28.2. The number of nitrogens with zero attached hydrogens (tertiary/aromatic N) is 1. The van der Waals surface area contributed by atoms with Crippen molar-refractivity contribution >= 4 is 18.0 Å². The molecule has 0 saturated carbocycles. The number of unbranched alkanes of at least 4 members (excludes halogenated alkanes) is 4. The van der Waals surface area contributed by atoms with Gasteiger partial charge in [-0.15, -0.1) is 0 Å². The molecular formula is C23H37N3O7. The van der Waals surface area contributed by atoms with Crippen LogP contribution in [0.1, 0.15) is 69.2 Å². The molecule has 2 amide bonds. The Morgan fingerprint density at radius 2 is 1.70 bits per heavy atom. The number of pyridine rings is 1. The summed E-state index contributed by atoms with van der Waals surface area (Å²) in [7, 11) is 1.37. The third kappa shape index (κ3) is 12.7. The zero-order valence-electron chi connectivity index (χ0n) is 19.9. The summed E-state index contributed by atoms with van der Waals surface area (Å²) in [5.74, 6) is -0.888. The number of rotatable bonds is 17. The average Bonchev–Trinajstić information content (AvgIpc) is 2.82. The Hall–Kier alpha value is -2.88. The second-order valence-electron chi connectivity index (χ2n) is 7.33. The highest BCUT2D eigenvalue weighted by Gasteiger charge is 2.16. The maximum atomic E-state index is 12.3. The molecule has 0 spiro atoms. The van der Waals surface area contributed by atoms with E-state index >= 15 is 0 Å². The summed E-state index contributed by atoms with van der Waals surface area (Å²) in [6.07, 6.45) is 7.16. The van der Waals surface area contributed by atoms with Crippen LogP contribution in [0.3, 0.4) is 0 Å². The maximum Gasteiger partial charge on any atom is 0.414 e. The fourth-order valence-corrected chi connectivity index (χ4v) is 2.64. The molecule has 1 aromatic heterocycles. The van der Waals surface area contributed by atoms with E-state index in [2.05, 4.69) is 29.5 Å². The number of methoxy groups -OCH3 is 1. The highest BCUT2D eigenvalue weighted by molar-refractivity contribution is 5.94. The van der Waals surface area contributed by atoms with Gasteiger partial charge in [0.05, 0.1) is 19.3 Å². The number of hydrogen-bond donors (Lipinski definition) is 2. The fourth-order valence-electron chi connectivity index (χ4n) is 2.64. The van der Waals surface area contributed by atoms with E-state index < -0.39 is 12.1 Å². The van der Waals surface area contributed by atoms with E-state index in [-0.39, 0.29) is 29.6 Å². The molecule has 10 nitrogen and oxygen atoms in total. The van der Waals surface area contributed by atoms with Gasteiger partial charge in [-0.05, 0) is 19.3 Å². The van der Waals surface area contributed by atoms with Crippen molar-refractivity contribution in [2.75, 3.05) is 40.0 Å². The minimum atomic E-state index is -0.885. The first-order valence-corrected chi connectivity index (χ1v) is 11.5. The second kappa shape index (κ2) is 17.6. The molecule has 0 atom stereocenters. The molecule has 1 heterocycles. The summed E-state index contributed by atoms with van der Waals surface area (Å²) >= 11 is 0. The van der Waals surface area contributed by atoms with Gasteiger partial charge in [0.1, 0.15) is 6.54 Å². The molecule has 1 aromatic rings. The Kier molecular flexibility index (Phi) is 15.1. The van der Waals surface area contributed by atoms with Crippen LogP contribution in [-0.2, 0) is 14.3 Å². The van der Waals surface area contributed by atoms with Gasteiger partial charge >= 0.3 is 12.1 Å². The predicted molar refractivity (Wildman–Crippen MR) is 123 cm³/mol. The highest BCUT2D eigenvalue weighted by atomic mass is 16.6. The molecule has 0 fully saturated rings. The molecule has 0 radical (unpaired) electrons. The molecule has 0 saturated heterocycles. The zero-order valence-corrected chi connectivity index (χ0v) is 19.9. The van der Waals surface area contributed by atoms with Crippen molar-refractivity contribution in [2.45, 2.75) is 58.8 Å². The molecule has 10 heteroatoms. The number of ether oxygens (including phenoxy) is 4. The van der Waals surface area contributed by atoms with Gasteiger partial charge in [-0.25, -0.2) is 9.78 Å². The summed E-state index contributed by atoms with van der Waals surface area (Å²) < 4.78 is 20.7. The normalized spacial score (nSPS) is 10.4. The minimum absolute atomic E-state index is 0.110. The SMILES string of the molecule is CCCCCCOC(=O)CNC(=O)Oc1ncc(C(=O)NCCCOCCCC)cc1OC. The van der Waals surface area contributed by atoms with Crippen LogP contribution in [0.2, 0.25) is 0 Å². The van der Waals surface area contributed by atoms with E-state index in [1.54, 1.807) is 0 Å². The summed E-state index contributed by atoms with van der Waals surface area (Å²) in [5.41, 5.74) is 0.262. The first-order chi connectivity index (χ1) is 16.0. The molecule has 0 aliphatic rings. The lowest BCUT2D eigenvalue weighted by atomic mass is 10.2. The lowest BCUT2D eigenvalue weighted by molar-refractivity contribution is -0.142. The first-order valence-electron chi connectivity index (χ1n) is 11.5. The highest BCUT2D eigenvalue weighted by Crippen LogP contribution is 2.25. The number of esters is 1. The number of nitrogens with one attached hydrogen (secondary N) is 2. The van der Waals surface area contributed by atoms with E-state index in [9.17, 15) is 14.4 Å². The van der Waals surface area contributed by atoms with Crippen LogP contribution in [0.25, 0.3) is 0 Å². The van der Waals surface area contributed by atoms with Crippen molar-refractivity contribution in [1.82, 2.24) is 15.6 Å². The lowest BCUT2D eigenvalue weighted by Gasteiger charge is -2.11. The second-order valence-corrected chi connectivity index (χ2v) is 7.33. The van der Waals surface area contributed by atoms with Gasteiger partial charge in [0.25, 0.3) is 11.8 Å². The Bertz CT molecular complexity index is 728. The van der Waals surface area contributed by atoms with Crippen LogP contribution in [0.4, 0.5) is 4.79 Å². The number of carbonyl (C=O) groups is 3. The summed E-state index contributed by atoms with van der Waals surface area (Å²) in [5, 5.41) is 5.08. The molecule has 186 valence electrons. The number of aromatic nitrogens is 1. The van der Waals surface area contributed by atoms with Crippen molar-refractivity contribution in [3.63, 3.8) is 0 Å². The Labute approximate surface area is 195 Å². The summed E-state index contributed by atoms with van der Waals surface area (Å²) in [6, 6.07) is 1.42. The van der Waals surface area contributed by atoms with Crippen LogP contribution in [-0.4, -0.2) is 63.0 Å². The number of carbonyl (C=O) groups excluding carboxylic acids is 3. The predicted octanol–water partition coefficient (Wildman–Crippen LogP) is 3.24. The average molecular weight is 468 g/mol. The van der Waals surface area contributed by atoms with Crippen LogP contribution in [0.15, 0.2) is 12.3 Å². The summed E-state index contributed by atoms with van der Waals surface area (Å²) in [6.45, 7) is 5.96. The fraction of sp³-hybridized carbons (Fsp3) is 0.652. The van der Waals surface area contributed by atoms with Gasteiger partial charge in [0.2, 0.25) is 0 Å². The smallest absolute Gasteiger partial charge is 0.414 e. The van der Waals surface area contributed by atoms with Crippen molar-refractivity contribution in [2.24, 2.45) is 0 Å². The standard InChI is InChI=1S/C23H37N3O7/c1-4-6-8-9-14-32-20(27)17-26-23(29)33-22-19(30-3)15-18(16-25-22)21(28)24-11-10-13-31-12-7-5-2/h15-16H,4-14,17H2,1-3H3,(H,24,28)(H,26,29). The molecule has 0 aliphatic heterocycles. The van der Waals surface area contributed by atoms with Crippen molar-refractivity contribution in [3.8, 4) is 11.6 Å². The molecular weight excluding hydrogens is 430 g/mol. The van der Waals surface area contributed by atoms with Crippen LogP contribution in [0.5, 0.6) is 11.6 Å². The van der Waals surface area contributed by atoms with Crippen LogP contribution >= 0.6 is 0 Å². The van der Waals surface area contributed by atoms with Gasteiger partial charge in [-0.3, -0.25) is 9.59 Å². The van der Waals surface area contributed by atoms with Gasteiger partial charge in [0, 0.05) is 32.0 Å². The maximum absolute atomic E-state index is 12.3. The molecule has 0 aliphatic carbocycles. The van der Waals surface area contributed by atoms with Crippen molar-refractivity contribution in [1.29, 1.82) is 0 Å². The van der Waals surface area contributed by atoms with E-state index in [1.807, 2.05) is 0 Å². The van der Waals surface area contributed by atoms with E-state index in [1.165, 1.54) is 19.4 Å². The van der Waals surface area contributed by atoms with Crippen molar-refractivity contribution < 1.29 is 33.3 Å². The van der Waals surface area contributed by atoms with Crippen LogP contribution in [0, 0.1) is 0 Å². The Morgan fingerprint density at radius 1 is 0.939 bits per heavy atom. The van der Waals surface area contributed by atoms with E-state index in [0.717, 1.165) is 45.1 Å². The molecule has 0 aromatic carbocycles.